The average Bonchev–Trinajstić information content (AvgIpc) is 3.20. The van der Waals surface area contributed by atoms with Crippen molar-refractivity contribution in [3.8, 4) is 16.9 Å². The van der Waals surface area contributed by atoms with Crippen LogP contribution in [-0.2, 0) is 4.74 Å². The molecule has 0 aliphatic rings. The maximum Gasteiger partial charge on any atom is 0.340 e. The molecule has 1 heterocycles. The highest BCUT2D eigenvalue weighted by Crippen LogP contribution is 2.30. The first-order valence-electron chi connectivity index (χ1n) is 9.44. The zero-order valence-electron chi connectivity index (χ0n) is 17.0. The van der Waals surface area contributed by atoms with Crippen molar-refractivity contribution in [2.75, 3.05) is 24.4 Å². The number of esters is 1. The molecular weight excluding hydrogens is 400 g/mol. The highest BCUT2D eigenvalue weighted by Gasteiger charge is 2.22. The van der Waals surface area contributed by atoms with E-state index >= 15 is 0 Å². The van der Waals surface area contributed by atoms with E-state index in [1.165, 1.54) is 13.3 Å². The molecule has 0 saturated carbocycles. The third-order valence-corrected chi connectivity index (χ3v) is 4.41. The van der Waals surface area contributed by atoms with Gasteiger partial charge in [-0.15, -0.1) is 0 Å². The predicted octanol–water partition coefficient (Wildman–Crippen LogP) is 3.61. The fourth-order valence-corrected chi connectivity index (χ4v) is 3.04. The summed E-state index contributed by atoms with van der Waals surface area (Å²) in [6.45, 7) is 1.88. The molecule has 1 aromatic heterocycles. The lowest BCUT2D eigenvalue weighted by atomic mass is 10.0. The number of rotatable bonds is 7. The van der Waals surface area contributed by atoms with Crippen molar-refractivity contribution in [1.29, 1.82) is 0 Å². The summed E-state index contributed by atoms with van der Waals surface area (Å²) in [5, 5.41) is 5.42. The second-order valence-corrected chi connectivity index (χ2v) is 6.39. The number of benzene rings is 2. The summed E-state index contributed by atoms with van der Waals surface area (Å²) in [4.78, 5) is 39.1. The van der Waals surface area contributed by atoms with Crippen LogP contribution in [0.25, 0.3) is 11.1 Å². The summed E-state index contributed by atoms with van der Waals surface area (Å²) in [6, 6.07) is 13.2. The van der Waals surface area contributed by atoms with Gasteiger partial charge in [0.05, 0.1) is 25.0 Å². The van der Waals surface area contributed by atoms with Crippen molar-refractivity contribution >= 4 is 29.3 Å². The second-order valence-electron chi connectivity index (χ2n) is 6.39. The standard InChI is InChI=1S/C22H22N4O5/c1-3-31-21(28)15-12-24-19(20(23)27)18(15)13-8-10-14(11-9-13)25-22(29)26-16-6-4-5-7-17(16)30-2/h4-12,24H,3H2,1-2H3,(H2,23,27)(H2,25,26,29). The lowest BCUT2D eigenvalue weighted by Crippen LogP contribution is -2.19. The molecule has 0 aliphatic heterocycles. The molecule has 5 N–H and O–H groups in total. The molecule has 3 rings (SSSR count). The van der Waals surface area contributed by atoms with Gasteiger partial charge in [0.25, 0.3) is 5.91 Å². The first-order valence-corrected chi connectivity index (χ1v) is 9.44. The molecule has 31 heavy (non-hydrogen) atoms. The van der Waals surface area contributed by atoms with E-state index in [0.29, 0.717) is 28.3 Å². The SMILES string of the molecule is CCOC(=O)c1c[nH]c(C(N)=O)c1-c1ccc(NC(=O)Nc2ccccc2OC)cc1. The predicted molar refractivity (Wildman–Crippen MR) is 116 cm³/mol. The minimum absolute atomic E-state index is 0.0951. The Kier molecular flexibility index (Phi) is 6.56. The Labute approximate surface area is 178 Å². The number of nitrogens with one attached hydrogen (secondary N) is 3. The Morgan fingerprint density at radius 3 is 2.39 bits per heavy atom. The number of carbonyl (C=O) groups excluding carboxylic acids is 3. The number of amides is 3. The Balaban J connectivity index is 1.80. The van der Waals surface area contributed by atoms with Gasteiger partial charge in [0.15, 0.2) is 0 Å². The summed E-state index contributed by atoms with van der Waals surface area (Å²) in [5.41, 5.74) is 7.67. The van der Waals surface area contributed by atoms with Crippen molar-refractivity contribution in [3.05, 3.63) is 66.0 Å². The molecule has 3 aromatic rings. The van der Waals surface area contributed by atoms with E-state index in [9.17, 15) is 14.4 Å². The Morgan fingerprint density at radius 1 is 1.03 bits per heavy atom. The summed E-state index contributed by atoms with van der Waals surface area (Å²) >= 11 is 0. The van der Waals surface area contributed by atoms with Gasteiger partial charge in [-0.2, -0.15) is 0 Å². The summed E-state index contributed by atoms with van der Waals surface area (Å²) in [7, 11) is 1.52. The largest absolute Gasteiger partial charge is 0.495 e. The number of methoxy groups -OCH3 is 1. The highest BCUT2D eigenvalue weighted by atomic mass is 16.5. The molecule has 0 radical (unpaired) electrons. The molecule has 0 saturated heterocycles. The Bertz CT molecular complexity index is 1110. The molecule has 3 amide bonds. The van der Waals surface area contributed by atoms with Gasteiger partial charge in [0.1, 0.15) is 11.4 Å². The van der Waals surface area contributed by atoms with E-state index in [1.807, 2.05) is 0 Å². The second kappa shape index (κ2) is 9.49. The first-order chi connectivity index (χ1) is 14.9. The average molecular weight is 422 g/mol. The van der Waals surface area contributed by atoms with Crippen molar-refractivity contribution < 1.29 is 23.9 Å². The van der Waals surface area contributed by atoms with Gasteiger partial charge in [0.2, 0.25) is 0 Å². The fraction of sp³-hybridized carbons (Fsp3) is 0.136. The molecule has 2 aromatic carbocycles. The van der Waals surface area contributed by atoms with Crippen LogP contribution in [0, 0.1) is 0 Å². The molecule has 0 bridgehead atoms. The molecule has 0 unspecified atom stereocenters. The number of anilines is 2. The number of H-pyrrole nitrogens is 1. The molecular formula is C22H22N4O5. The molecule has 9 nitrogen and oxygen atoms in total. The summed E-state index contributed by atoms with van der Waals surface area (Å²) in [5.74, 6) is -0.741. The number of carbonyl (C=O) groups is 3. The van der Waals surface area contributed by atoms with Crippen LogP contribution in [0.15, 0.2) is 54.7 Å². The minimum atomic E-state index is -0.705. The zero-order chi connectivity index (χ0) is 22.4. The lowest BCUT2D eigenvalue weighted by Gasteiger charge is -2.11. The monoisotopic (exact) mass is 422 g/mol. The molecule has 9 heteroatoms. The van der Waals surface area contributed by atoms with Crippen molar-refractivity contribution in [3.63, 3.8) is 0 Å². The van der Waals surface area contributed by atoms with Crippen molar-refractivity contribution in [2.45, 2.75) is 6.92 Å². The molecule has 0 atom stereocenters. The number of urea groups is 1. The lowest BCUT2D eigenvalue weighted by molar-refractivity contribution is 0.0527. The van der Waals surface area contributed by atoms with Gasteiger partial charge in [-0.1, -0.05) is 24.3 Å². The quantitative estimate of drug-likeness (QED) is 0.431. The van der Waals surface area contributed by atoms with Gasteiger partial charge in [-0.3, -0.25) is 4.79 Å². The fourth-order valence-electron chi connectivity index (χ4n) is 3.04. The number of aromatic amines is 1. The van der Waals surface area contributed by atoms with Crippen LogP contribution in [0.1, 0.15) is 27.8 Å². The zero-order valence-corrected chi connectivity index (χ0v) is 17.0. The molecule has 0 spiro atoms. The smallest absolute Gasteiger partial charge is 0.340 e. The van der Waals surface area contributed by atoms with Gasteiger partial charge in [-0.05, 0) is 36.8 Å². The van der Waals surface area contributed by atoms with E-state index in [4.69, 9.17) is 15.2 Å². The maximum atomic E-state index is 12.3. The van der Waals surface area contributed by atoms with Crippen LogP contribution in [0.5, 0.6) is 5.75 Å². The van der Waals surface area contributed by atoms with Gasteiger partial charge in [-0.25, -0.2) is 9.59 Å². The van der Waals surface area contributed by atoms with Crippen molar-refractivity contribution in [2.24, 2.45) is 5.73 Å². The van der Waals surface area contributed by atoms with Crippen LogP contribution in [0.4, 0.5) is 16.2 Å². The van der Waals surface area contributed by atoms with E-state index in [2.05, 4.69) is 15.6 Å². The normalized spacial score (nSPS) is 10.3. The van der Waals surface area contributed by atoms with Crippen LogP contribution in [0.2, 0.25) is 0 Å². The third kappa shape index (κ3) is 4.84. The van der Waals surface area contributed by atoms with E-state index in [-0.39, 0.29) is 17.9 Å². The summed E-state index contributed by atoms with van der Waals surface area (Å²) < 4.78 is 10.3. The Morgan fingerprint density at radius 2 is 1.74 bits per heavy atom. The van der Waals surface area contributed by atoms with E-state index < -0.39 is 17.9 Å². The van der Waals surface area contributed by atoms with Gasteiger partial charge in [0, 0.05) is 17.4 Å². The molecule has 160 valence electrons. The van der Waals surface area contributed by atoms with Crippen LogP contribution in [0.3, 0.4) is 0 Å². The van der Waals surface area contributed by atoms with Gasteiger partial charge >= 0.3 is 12.0 Å². The van der Waals surface area contributed by atoms with Gasteiger partial charge < -0.3 is 30.8 Å². The number of ether oxygens (including phenoxy) is 2. The highest BCUT2D eigenvalue weighted by molar-refractivity contribution is 6.07. The molecule has 0 fully saturated rings. The number of primary amides is 1. The summed E-state index contributed by atoms with van der Waals surface area (Å²) in [6.07, 6.45) is 1.39. The number of para-hydroxylation sites is 2. The van der Waals surface area contributed by atoms with E-state index in [0.717, 1.165) is 0 Å². The van der Waals surface area contributed by atoms with Crippen LogP contribution >= 0.6 is 0 Å². The topological polar surface area (TPSA) is 136 Å². The number of hydrogen-bond donors (Lipinski definition) is 4. The number of nitrogens with two attached hydrogens (primary N) is 1. The maximum absolute atomic E-state index is 12.3. The number of aromatic nitrogens is 1. The number of hydrogen-bond acceptors (Lipinski definition) is 5. The van der Waals surface area contributed by atoms with E-state index in [1.54, 1.807) is 55.5 Å². The molecule has 0 aliphatic carbocycles. The third-order valence-electron chi connectivity index (χ3n) is 4.41. The van der Waals surface area contributed by atoms with Crippen LogP contribution in [-0.4, -0.2) is 36.6 Å². The minimum Gasteiger partial charge on any atom is -0.495 e. The first kappa shape index (κ1) is 21.4. The van der Waals surface area contributed by atoms with Crippen molar-refractivity contribution in [1.82, 2.24) is 4.98 Å². The van der Waals surface area contributed by atoms with Crippen LogP contribution < -0.4 is 21.1 Å². The Hall–Kier alpha value is -4.27.